The number of alkyl halides is 3. The van der Waals surface area contributed by atoms with Crippen LogP contribution >= 0.6 is 0 Å². The number of halogens is 4. The summed E-state index contributed by atoms with van der Waals surface area (Å²) in [5.74, 6) is -1.59. The van der Waals surface area contributed by atoms with Gasteiger partial charge in [0.2, 0.25) is 0 Å². The first-order valence-electron chi connectivity index (χ1n) is 7.56. The number of rotatable bonds is 3. The number of hydrogen-bond donors (Lipinski definition) is 2. The zero-order chi connectivity index (χ0) is 19.8. The van der Waals surface area contributed by atoms with Crippen molar-refractivity contribution in [3.63, 3.8) is 0 Å². The Morgan fingerprint density at radius 1 is 1.07 bits per heavy atom. The van der Waals surface area contributed by atoms with Gasteiger partial charge in [-0.05, 0) is 47.9 Å². The Hall–Kier alpha value is -2.88. The molecule has 0 atom stereocenters. The van der Waals surface area contributed by atoms with E-state index >= 15 is 0 Å². The highest BCUT2D eigenvalue weighted by Gasteiger charge is 2.34. The van der Waals surface area contributed by atoms with Gasteiger partial charge in [0.25, 0.3) is 10.0 Å². The number of allylic oxidation sites excluding steroid dienone is 1. The number of anilines is 1. The minimum absolute atomic E-state index is 0.151. The Bertz CT molecular complexity index is 1050. The number of carbonyl (C=O) groups is 1. The minimum atomic E-state index is -4.88. The molecule has 2 aromatic rings. The van der Waals surface area contributed by atoms with Gasteiger partial charge in [0, 0.05) is 5.69 Å². The molecule has 0 aliphatic heterocycles. The molecule has 0 saturated carbocycles. The van der Waals surface area contributed by atoms with E-state index in [4.69, 9.17) is 0 Å². The summed E-state index contributed by atoms with van der Waals surface area (Å²) >= 11 is 0. The summed E-state index contributed by atoms with van der Waals surface area (Å²) in [6.45, 7) is 0. The monoisotopic (exact) mass is 400 g/mol. The second-order valence-corrected chi connectivity index (χ2v) is 7.40. The van der Waals surface area contributed by atoms with Crippen LogP contribution in [0.25, 0.3) is 6.08 Å². The second kappa shape index (κ2) is 6.69. The van der Waals surface area contributed by atoms with Crippen molar-refractivity contribution in [1.82, 2.24) is 4.72 Å². The van der Waals surface area contributed by atoms with Crippen molar-refractivity contribution in [2.45, 2.75) is 17.5 Å². The molecule has 10 heteroatoms. The van der Waals surface area contributed by atoms with Crippen molar-refractivity contribution in [2.24, 2.45) is 0 Å². The van der Waals surface area contributed by atoms with Crippen molar-refractivity contribution >= 4 is 27.8 Å². The van der Waals surface area contributed by atoms with Crippen LogP contribution in [0.1, 0.15) is 16.7 Å². The van der Waals surface area contributed by atoms with Gasteiger partial charge in [0.05, 0.1) is 10.5 Å². The zero-order valence-corrected chi connectivity index (χ0v) is 14.3. The van der Waals surface area contributed by atoms with E-state index in [1.165, 1.54) is 12.1 Å². The first kappa shape index (κ1) is 18.9. The minimum Gasteiger partial charge on any atom is -0.307 e. The molecular weight excluding hydrogens is 388 g/mol. The number of urea groups is 1. The fraction of sp³-hybridized carbons (Fsp3) is 0.118. The zero-order valence-electron chi connectivity index (χ0n) is 13.5. The van der Waals surface area contributed by atoms with Crippen LogP contribution in [-0.4, -0.2) is 14.4 Å². The van der Waals surface area contributed by atoms with Crippen LogP contribution in [-0.2, 0) is 22.6 Å². The third-order valence-electron chi connectivity index (χ3n) is 3.82. The second-order valence-electron chi connectivity index (χ2n) is 5.72. The predicted octanol–water partition coefficient (Wildman–Crippen LogP) is 3.92. The molecule has 0 saturated heterocycles. The normalized spacial score (nSPS) is 13.3. The molecule has 5 nitrogen and oxygen atoms in total. The van der Waals surface area contributed by atoms with E-state index in [1.54, 1.807) is 16.9 Å². The summed E-state index contributed by atoms with van der Waals surface area (Å²) in [4.78, 5) is 11.7. The molecule has 0 aromatic heterocycles. The summed E-state index contributed by atoms with van der Waals surface area (Å²) in [6.07, 6.45) is -0.584. The third kappa shape index (κ3) is 4.11. The van der Waals surface area contributed by atoms with Gasteiger partial charge >= 0.3 is 12.2 Å². The van der Waals surface area contributed by atoms with Crippen LogP contribution in [0, 0.1) is 5.82 Å². The molecule has 0 bridgehead atoms. The summed E-state index contributed by atoms with van der Waals surface area (Å²) in [6, 6.07) is 4.84. The number of hydrogen-bond acceptors (Lipinski definition) is 3. The standard InChI is InChI=1S/C17H12F4N2O3S/c18-15-9-12(5-7-14(15)17(19,20)21)22-16(24)23-27(25,26)13-6-4-10-2-1-3-11(10)8-13/h1,3-9H,2H2,(H2,22,23,24). The molecule has 0 heterocycles. The van der Waals surface area contributed by atoms with Crippen LogP contribution in [0.5, 0.6) is 0 Å². The van der Waals surface area contributed by atoms with Crippen LogP contribution < -0.4 is 10.0 Å². The van der Waals surface area contributed by atoms with E-state index in [0.29, 0.717) is 24.1 Å². The quantitative estimate of drug-likeness (QED) is 0.767. The highest BCUT2D eigenvalue weighted by molar-refractivity contribution is 7.90. The van der Waals surface area contributed by atoms with Crippen LogP contribution in [0.2, 0.25) is 0 Å². The van der Waals surface area contributed by atoms with Crippen LogP contribution in [0.15, 0.2) is 47.4 Å². The average molecular weight is 400 g/mol. The SMILES string of the molecule is O=C(Nc1ccc(C(F)(F)F)c(F)c1)NS(=O)(=O)c1ccc2c(c1)C=CC2. The third-order valence-corrected chi connectivity index (χ3v) is 5.15. The predicted molar refractivity (Wildman–Crippen MR) is 89.9 cm³/mol. The van der Waals surface area contributed by atoms with Gasteiger partial charge in [0.1, 0.15) is 5.82 Å². The first-order valence-corrected chi connectivity index (χ1v) is 9.04. The summed E-state index contributed by atoms with van der Waals surface area (Å²) in [7, 11) is -4.21. The summed E-state index contributed by atoms with van der Waals surface area (Å²) < 4.78 is 77.3. The Morgan fingerprint density at radius 3 is 2.48 bits per heavy atom. The number of sulfonamides is 1. The number of benzene rings is 2. The van der Waals surface area contributed by atoms with Crippen molar-refractivity contribution in [3.8, 4) is 0 Å². The maximum atomic E-state index is 13.5. The Balaban J connectivity index is 1.74. The lowest BCUT2D eigenvalue weighted by Crippen LogP contribution is -2.34. The lowest BCUT2D eigenvalue weighted by molar-refractivity contribution is -0.139. The molecule has 1 aliphatic rings. The number of nitrogens with one attached hydrogen (secondary N) is 2. The average Bonchev–Trinajstić information content (AvgIpc) is 3.00. The van der Waals surface area contributed by atoms with E-state index in [2.05, 4.69) is 0 Å². The topological polar surface area (TPSA) is 75.3 Å². The van der Waals surface area contributed by atoms with Crippen molar-refractivity contribution in [1.29, 1.82) is 0 Å². The van der Waals surface area contributed by atoms with Crippen molar-refractivity contribution in [3.05, 3.63) is 65.0 Å². The van der Waals surface area contributed by atoms with Gasteiger partial charge in [-0.15, -0.1) is 0 Å². The molecule has 1 aliphatic carbocycles. The fourth-order valence-electron chi connectivity index (χ4n) is 2.55. The molecule has 2 N–H and O–H groups in total. The maximum absolute atomic E-state index is 13.5. The van der Waals surface area contributed by atoms with Gasteiger partial charge in [-0.2, -0.15) is 13.2 Å². The van der Waals surface area contributed by atoms with Gasteiger partial charge in [0.15, 0.2) is 0 Å². The Kier molecular flexibility index (Phi) is 4.68. The molecule has 0 radical (unpaired) electrons. The van der Waals surface area contributed by atoms with Gasteiger partial charge in [-0.1, -0.05) is 18.2 Å². The lowest BCUT2D eigenvalue weighted by atomic mass is 10.1. The van der Waals surface area contributed by atoms with Crippen LogP contribution in [0.4, 0.5) is 28.0 Å². The number of amides is 2. The van der Waals surface area contributed by atoms with E-state index in [-0.39, 0.29) is 10.6 Å². The highest BCUT2D eigenvalue weighted by atomic mass is 32.2. The van der Waals surface area contributed by atoms with Gasteiger partial charge in [-0.25, -0.2) is 22.3 Å². The van der Waals surface area contributed by atoms with E-state index in [1.807, 2.05) is 11.4 Å². The van der Waals surface area contributed by atoms with E-state index in [0.717, 1.165) is 11.6 Å². The number of carbonyl (C=O) groups excluding carboxylic acids is 1. The summed E-state index contributed by atoms with van der Waals surface area (Å²) in [5.41, 5.74) is -0.168. The smallest absolute Gasteiger partial charge is 0.307 e. The fourth-order valence-corrected chi connectivity index (χ4v) is 3.50. The van der Waals surface area contributed by atoms with E-state index in [9.17, 15) is 30.8 Å². The van der Waals surface area contributed by atoms with Gasteiger partial charge < -0.3 is 5.32 Å². The largest absolute Gasteiger partial charge is 0.419 e. The van der Waals surface area contributed by atoms with Crippen molar-refractivity contribution in [2.75, 3.05) is 5.32 Å². The van der Waals surface area contributed by atoms with E-state index < -0.39 is 33.6 Å². The summed E-state index contributed by atoms with van der Waals surface area (Å²) in [5, 5.41) is 1.99. The van der Waals surface area contributed by atoms with Gasteiger partial charge in [-0.3, -0.25) is 0 Å². The van der Waals surface area contributed by atoms with Crippen molar-refractivity contribution < 1.29 is 30.8 Å². The Morgan fingerprint density at radius 2 is 1.81 bits per heavy atom. The Labute approximate surface area is 151 Å². The number of fused-ring (bicyclic) bond motifs is 1. The molecule has 0 spiro atoms. The van der Waals surface area contributed by atoms with Crippen LogP contribution in [0.3, 0.4) is 0 Å². The molecule has 2 amide bonds. The molecule has 0 fully saturated rings. The molecule has 2 aromatic carbocycles. The molecule has 3 rings (SSSR count). The molecule has 27 heavy (non-hydrogen) atoms. The lowest BCUT2D eigenvalue weighted by Gasteiger charge is -2.12. The first-order chi connectivity index (χ1) is 12.6. The maximum Gasteiger partial charge on any atom is 0.419 e. The highest BCUT2D eigenvalue weighted by Crippen LogP contribution is 2.32. The molecular formula is C17H12F4N2O3S. The molecule has 142 valence electrons. The molecule has 0 unspecified atom stereocenters.